The van der Waals surface area contributed by atoms with Crippen LogP contribution in [-0.2, 0) is 20.8 Å². The Bertz CT molecular complexity index is 561. The molecule has 8 heteroatoms. The van der Waals surface area contributed by atoms with Crippen molar-refractivity contribution in [3.05, 3.63) is 35.4 Å². The van der Waals surface area contributed by atoms with E-state index in [4.69, 9.17) is 10.2 Å². The third-order valence-corrected chi connectivity index (χ3v) is 2.66. The molecule has 0 radical (unpaired) electrons. The Labute approximate surface area is 118 Å². The summed E-state index contributed by atoms with van der Waals surface area (Å²) >= 11 is 0. The lowest BCUT2D eigenvalue weighted by molar-refractivity contribution is -0.143. The van der Waals surface area contributed by atoms with Gasteiger partial charge in [-0.2, -0.15) is 0 Å². The number of carbonyl (C=O) groups is 3. The largest absolute Gasteiger partial charge is 0.481 e. The predicted octanol–water partition coefficient (Wildman–Crippen LogP) is 0.941. The van der Waals surface area contributed by atoms with Crippen molar-refractivity contribution in [2.24, 2.45) is 0 Å². The summed E-state index contributed by atoms with van der Waals surface area (Å²) in [4.78, 5) is 32.9. The molecule has 0 spiro atoms. The number of halogens is 2. The molecule has 1 aromatic rings. The van der Waals surface area contributed by atoms with Gasteiger partial charge in [0.15, 0.2) is 11.6 Å². The average molecular weight is 301 g/mol. The molecule has 1 aromatic carbocycles. The summed E-state index contributed by atoms with van der Waals surface area (Å²) in [6.45, 7) is 0. The first-order valence-electron chi connectivity index (χ1n) is 5.98. The molecule has 0 aliphatic carbocycles. The fourth-order valence-electron chi connectivity index (χ4n) is 1.63. The van der Waals surface area contributed by atoms with Gasteiger partial charge in [-0.25, -0.2) is 13.6 Å². The Morgan fingerprint density at radius 2 is 1.86 bits per heavy atom. The van der Waals surface area contributed by atoms with E-state index in [1.54, 1.807) is 0 Å². The van der Waals surface area contributed by atoms with Crippen LogP contribution < -0.4 is 5.32 Å². The van der Waals surface area contributed by atoms with Crippen LogP contribution in [0.1, 0.15) is 18.4 Å². The molecular formula is C13H13F2NO5. The molecule has 1 atom stereocenters. The Balaban J connectivity index is 2.67. The van der Waals surface area contributed by atoms with Crippen molar-refractivity contribution in [1.82, 2.24) is 5.32 Å². The molecule has 0 fully saturated rings. The molecule has 1 amide bonds. The van der Waals surface area contributed by atoms with Crippen molar-refractivity contribution in [2.75, 3.05) is 0 Å². The predicted molar refractivity (Wildman–Crippen MR) is 66.5 cm³/mol. The first-order chi connectivity index (χ1) is 9.81. The molecule has 0 aliphatic heterocycles. The highest BCUT2D eigenvalue weighted by atomic mass is 19.2. The SMILES string of the molecule is O=C(O)CCC(NC(=O)Cc1cccc(F)c1F)C(=O)O. The fourth-order valence-corrected chi connectivity index (χ4v) is 1.63. The van der Waals surface area contributed by atoms with Gasteiger partial charge in [0.05, 0.1) is 6.42 Å². The Hall–Kier alpha value is -2.51. The second kappa shape index (κ2) is 7.32. The summed E-state index contributed by atoms with van der Waals surface area (Å²) in [6.07, 6.45) is -1.28. The Morgan fingerprint density at radius 3 is 2.43 bits per heavy atom. The van der Waals surface area contributed by atoms with Crippen molar-refractivity contribution < 1.29 is 33.4 Å². The quantitative estimate of drug-likeness (QED) is 0.695. The van der Waals surface area contributed by atoms with Gasteiger partial charge in [-0.05, 0) is 12.5 Å². The van der Waals surface area contributed by atoms with Gasteiger partial charge >= 0.3 is 11.9 Å². The summed E-state index contributed by atoms with van der Waals surface area (Å²) < 4.78 is 26.3. The fraction of sp³-hybridized carbons (Fsp3) is 0.308. The maximum atomic E-state index is 13.4. The summed E-state index contributed by atoms with van der Waals surface area (Å²) in [5.74, 6) is -5.72. The van der Waals surface area contributed by atoms with Crippen molar-refractivity contribution in [3.8, 4) is 0 Å². The highest BCUT2D eigenvalue weighted by Crippen LogP contribution is 2.12. The number of amides is 1. The van der Waals surface area contributed by atoms with E-state index in [-0.39, 0.29) is 12.0 Å². The van der Waals surface area contributed by atoms with E-state index in [9.17, 15) is 23.2 Å². The smallest absolute Gasteiger partial charge is 0.326 e. The number of hydrogen-bond donors (Lipinski definition) is 3. The van der Waals surface area contributed by atoms with Crippen LogP contribution in [0.3, 0.4) is 0 Å². The maximum Gasteiger partial charge on any atom is 0.326 e. The highest BCUT2D eigenvalue weighted by Gasteiger charge is 2.21. The molecule has 0 aromatic heterocycles. The number of carbonyl (C=O) groups excluding carboxylic acids is 1. The Kier molecular flexibility index (Phi) is 5.77. The maximum absolute atomic E-state index is 13.4. The monoisotopic (exact) mass is 301 g/mol. The zero-order chi connectivity index (χ0) is 16.0. The summed E-state index contributed by atoms with van der Waals surface area (Å²) in [7, 11) is 0. The number of carboxylic acid groups (broad SMARTS) is 2. The van der Waals surface area contributed by atoms with Crippen molar-refractivity contribution >= 4 is 17.8 Å². The van der Waals surface area contributed by atoms with Crippen LogP contribution in [0.2, 0.25) is 0 Å². The lowest BCUT2D eigenvalue weighted by Gasteiger charge is -2.13. The van der Waals surface area contributed by atoms with Crippen molar-refractivity contribution in [1.29, 1.82) is 0 Å². The molecule has 0 heterocycles. The van der Waals surface area contributed by atoms with Crippen LogP contribution in [0.4, 0.5) is 8.78 Å². The lowest BCUT2D eigenvalue weighted by atomic mass is 10.1. The van der Waals surface area contributed by atoms with Crippen molar-refractivity contribution in [3.63, 3.8) is 0 Å². The molecule has 0 bridgehead atoms. The molecule has 6 nitrogen and oxygen atoms in total. The number of benzene rings is 1. The minimum absolute atomic E-state index is 0.213. The second-order valence-electron chi connectivity index (χ2n) is 4.28. The zero-order valence-electron chi connectivity index (χ0n) is 10.8. The first kappa shape index (κ1) is 16.5. The van der Waals surface area contributed by atoms with E-state index in [2.05, 4.69) is 5.32 Å². The van der Waals surface area contributed by atoms with Crippen LogP contribution >= 0.6 is 0 Å². The molecule has 114 valence electrons. The number of rotatable bonds is 7. The molecule has 3 N–H and O–H groups in total. The molecule has 0 saturated heterocycles. The van der Waals surface area contributed by atoms with Gasteiger partial charge in [0.2, 0.25) is 5.91 Å². The summed E-state index contributed by atoms with van der Waals surface area (Å²) in [5, 5.41) is 19.4. The van der Waals surface area contributed by atoms with E-state index in [1.807, 2.05) is 0 Å². The van der Waals surface area contributed by atoms with Crippen LogP contribution in [0.5, 0.6) is 0 Å². The molecule has 0 saturated carbocycles. The van der Waals surface area contributed by atoms with E-state index < -0.39 is 48.4 Å². The van der Waals surface area contributed by atoms with Gasteiger partial charge in [0.1, 0.15) is 6.04 Å². The highest BCUT2D eigenvalue weighted by molar-refractivity contribution is 5.85. The molecular weight excluding hydrogens is 288 g/mol. The third-order valence-electron chi connectivity index (χ3n) is 2.66. The minimum atomic E-state index is -1.40. The normalized spacial score (nSPS) is 11.7. The van der Waals surface area contributed by atoms with Gasteiger partial charge in [0, 0.05) is 12.0 Å². The van der Waals surface area contributed by atoms with Gasteiger partial charge in [-0.15, -0.1) is 0 Å². The molecule has 1 rings (SSSR count). The first-order valence-corrected chi connectivity index (χ1v) is 5.98. The van der Waals surface area contributed by atoms with Gasteiger partial charge in [-0.1, -0.05) is 12.1 Å². The van der Waals surface area contributed by atoms with Crippen LogP contribution in [-0.4, -0.2) is 34.1 Å². The zero-order valence-corrected chi connectivity index (χ0v) is 10.8. The number of nitrogens with one attached hydrogen (secondary N) is 1. The van der Waals surface area contributed by atoms with E-state index in [1.165, 1.54) is 12.1 Å². The van der Waals surface area contributed by atoms with Gasteiger partial charge in [-0.3, -0.25) is 9.59 Å². The van der Waals surface area contributed by atoms with Crippen LogP contribution in [0.25, 0.3) is 0 Å². The molecule has 1 unspecified atom stereocenters. The summed E-state index contributed by atoms with van der Waals surface area (Å²) in [6, 6.07) is 1.92. The third kappa shape index (κ3) is 5.17. The lowest BCUT2D eigenvalue weighted by Crippen LogP contribution is -2.41. The van der Waals surface area contributed by atoms with Crippen LogP contribution in [0.15, 0.2) is 18.2 Å². The number of aliphatic carboxylic acids is 2. The second-order valence-corrected chi connectivity index (χ2v) is 4.28. The Morgan fingerprint density at radius 1 is 1.19 bits per heavy atom. The standard InChI is InChI=1S/C13H13F2NO5/c14-8-3-1-2-7(12(8)15)6-10(17)16-9(13(20)21)4-5-11(18)19/h1-3,9H,4-6H2,(H,16,17)(H,18,19)(H,20,21). The average Bonchev–Trinajstić information content (AvgIpc) is 2.39. The van der Waals surface area contributed by atoms with Crippen LogP contribution in [0, 0.1) is 11.6 Å². The van der Waals surface area contributed by atoms with E-state index >= 15 is 0 Å². The number of hydrogen-bond acceptors (Lipinski definition) is 3. The van der Waals surface area contributed by atoms with Crippen molar-refractivity contribution in [2.45, 2.75) is 25.3 Å². The van der Waals surface area contributed by atoms with E-state index in [0.29, 0.717) is 0 Å². The molecule has 21 heavy (non-hydrogen) atoms. The summed E-state index contributed by atoms with van der Waals surface area (Å²) in [5.41, 5.74) is -0.213. The number of carboxylic acids is 2. The molecule has 0 aliphatic rings. The minimum Gasteiger partial charge on any atom is -0.481 e. The van der Waals surface area contributed by atoms with Gasteiger partial charge in [0.25, 0.3) is 0 Å². The topological polar surface area (TPSA) is 104 Å². The van der Waals surface area contributed by atoms with E-state index in [0.717, 1.165) is 6.07 Å². The van der Waals surface area contributed by atoms with Gasteiger partial charge < -0.3 is 15.5 Å².